The number of carbonyl (C=O) groups is 2. The van der Waals surface area contributed by atoms with E-state index in [0.717, 1.165) is 0 Å². The Labute approximate surface area is 133 Å². The van der Waals surface area contributed by atoms with Crippen LogP contribution in [0.25, 0.3) is 0 Å². The second-order valence-electron chi connectivity index (χ2n) is 6.58. The van der Waals surface area contributed by atoms with E-state index in [9.17, 15) is 9.59 Å². The topological polar surface area (TPSA) is 52.6 Å². The molecule has 0 atom stereocenters. The highest BCUT2D eigenvalue weighted by molar-refractivity contribution is 5.70. The molecule has 122 valence electrons. The third kappa shape index (κ3) is 9.88. The maximum absolute atomic E-state index is 11.5. The molecule has 0 saturated carbocycles. The van der Waals surface area contributed by atoms with Crippen molar-refractivity contribution < 1.29 is 19.1 Å². The lowest BCUT2D eigenvalue weighted by atomic mass is 9.96. The van der Waals surface area contributed by atoms with E-state index in [1.165, 1.54) is 0 Å². The molecule has 0 bridgehead atoms. The van der Waals surface area contributed by atoms with Gasteiger partial charge in [0.1, 0.15) is 13.2 Å². The molecule has 4 nitrogen and oxygen atoms in total. The Balaban J connectivity index is 3.77. The zero-order valence-corrected chi connectivity index (χ0v) is 14.0. The fourth-order valence-corrected chi connectivity index (χ4v) is 1.29. The molecule has 0 heterocycles. The van der Waals surface area contributed by atoms with Crippen molar-refractivity contribution in [3.8, 4) is 24.7 Å². The van der Waals surface area contributed by atoms with Gasteiger partial charge < -0.3 is 9.47 Å². The molecule has 0 amide bonds. The summed E-state index contributed by atoms with van der Waals surface area (Å²) in [6.45, 7) is 7.71. The van der Waals surface area contributed by atoms with Gasteiger partial charge in [-0.2, -0.15) is 0 Å². The summed E-state index contributed by atoms with van der Waals surface area (Å²) in [5, 5.41) is 0. The summed E-state index contributed by atoms with van der Waals surface area (Å²) in [6.07, 6.45) is 12.3. The molecule has 0 aromatic heterocycles. The summed E-state index contributed by atoms with van der Waals surface area (Å²) < 4.78 is 10.2. The van der Waals surface area contributed by atoms with Crippen LogP contribution in [0.5, 0.6) is 0 Å². The first-order valence-corrected chi connectivity index (χ1v) is 7.39. The van der Waals surface area contributed by atoms with Gasteiger partial charge in [0.15, 0.2) is 0 Å². The van der Waals surface area contributed by atoms with E-state index < -0.39 is 10.8 Å². The Hall–Kier alpha value is -1.94. The molecule has 0 aromatic carbocycles. The van der Waals surface area contributed by atoms with E-state index in [-0.39, 0.29) is 38.0 Å². The first-order valence-electron chi connectivity index (χ1n) is 7.39. The molecule has 22 heavy (non-hydrogen) atoms. The molecule has 0 N–H and O–H groups in total. The predicted molar refractivity (Wildman–Crippen MR) is 85.6 cm³/mol. The minimum Gasteiger partial charge on any atom is -0.464 e. The van der Waals surface area contributed by atoms with Gasteiger partial charge in [-0.1, -0.05) is 11.8 Å². The third-order valence-electron chi connectivity index (χ3n) is 2.98. The van der Waals surface area contributed by atoms with Crippen LogP contribution in [0.3, 0.4) is 0 Å². The van der Waals surface area contributed by atoms with Crippen LogP contribution >= 0.6 is 0 Å². The quantitative estimate of drug-likeness (QED) is 0.373. The van der Waals surface area contributed by atoms with Crippen molar-refractivity contribution >= 4 is 11.9 Å². The molecular weight excluding hydrogens is 280 g/mol. The number of hydrogen-bond acceptors (Lipinski definition) is 4. The van der Waals surface area contributed by atoms with Crippen LogP contribution in [0.2, 0.25) is 0 Å². The van der Waals surface area contributed by atoms with Crippen molar-refractivity contribution in [1.82, 2.24) is 0 Å². The zero-order chi connectivity index (χ0) is 17.2. The van der Waals surface area contributed by atoms with Gasteiger partial charge >= 0.3 is 11.9 Å². The molecular formula is C18H26O4. The van der Waals surface area contributed by atoms with Crippen LogP contribution in [0.15, 0.2) is 0 Å². The Morgan fingerprint density at radius 1 is 0.818 bits per heavy atom. The van der Waals surface area contributed by atoms with Crippen molar-refractivity contribution in [3.05, 3.63) is 0 Å². The molecule has 0 radical (unpaired) electrons. The van der Waals surface area contributed by atoms with E-state index >= 15 is 0 Å². The predicted octanol–water partition coefficient (Wildman–Crippen LogP) is 2.95. The molecule has 0 aliphatic carbocycles. The fraction of sp³-hybridized carbons (Fsp3) is 0.667. The van der Waals surface area contributed by atoms with Crippen LogP contribution in [0.4, 0.5) is 0 Å². The van der Waals surface area contributed by atoms with Gasteiger partial charge in [0.25, 0.3) is 0 Å². The van der Waals surface area contributed by atoms with Gasteiger partial charge in [-0.25, -0.2) is 0 Å². The number of esters is 2. The lowest BCUT2D eigenvalue weighted by molar-refractivity contribution is -0.147. The average Bonchev–Trinajstić information content (AvgIpc) is 2.47. The minimum absolute atomic E-state index is 0.200. The van der Waals surface area contributed by atoms with E-state index in [1.807, 2.05) is 27.7 Å². The number of carbonyl (C=O) groups excluding carboxylic acids is 2. The second-order valence-corrected chi connectivity index (χ2v) is 6.58. The van der Waals surface area contributed by atoms with Gasteiger partial charge in [0, 0.05) is 12.8 Å². The highest BCUT2D eigenvalue weighted by Crippen LogP contribution is 2.15. The maximum atomic E-state index is 11.5. The summed E-state index contributed by atoms with van der Waals surface area (Å²) in [6, 6.07) is 0. The monoisotopic (exact) mass is 306 g/mol. The van der Waals surface area contributed by atoms with E-state index in [4.69, 9.17) is 22.3 Å². The van der Waals surface area contributed by atoms with Crippen LogP contribution in [0.1, 0.15) is 53.4 Å². The normalized spacial score (nSPS) is 11.2. The number of hydrogen-bond donors (Lipinski definition) is 0. The molecule has 0 aliphatic heterocycles. The van der Waals surface area contributed by atoms with Gasteiger partial charge in [-0.15, -0.1) is 12.8 Å². The summed E-state index contributed by atoms with van der Waals surface area (Å²) in [5.74, 6) is 4.51. The lowest BCUT2D eigenvalue weighted by Gasteiger charge is -2.17. The number of unbranched alkanes of at least 4 members (excludes halogenated alkanes) is 1. The minimum atomic E-state index is -0.455. The summed E-state index contributed by atoms with van der Waals surface area (Å²) in [5.41, 5.74) is -0.910. The molecule has 0 unspecified atom stereocenters. The van der Waals surface area contributed by atoms with Crippen molar-refractivity contribution in [1.29, 1.82) is 0 Å². The molecule has 0 aliphatic rings. The van der Waals surface area contributed by atoms with Crippen molar-refractivity contribution in [3.63, 3.8) is 0 Å². The number of ether oxygens (including phenoxy) is 2. The molecule has 0 saturated heterocycles. The third-order valence-corrected chi connectivity index (χ3v) is 2.98. The highest BCUT2D eigenvalue weighted by atomic mass is 16.5. The molecule has 0 fully saturated rings. The smallest absolute Gasteiger partial charge is 0.305 e. The number of terminal acetylenes is 2. The Kier molecular flexibility index (Phi) is 8.35. The SMILES string of the molecule is C#CC(C)(C)COC(=O)CCCCC(=O)OCC(C)(C)C#C. The van der Waals surface area contributed by atoms with E-state index in [2.05, 4.69) is 11.8 Å². The van der Waals surface area contributed by atoms with Gasteiger partial charge in [-0.05, 0) is 40.5 Å². The zero-order valence-electron chi connectivity index (χ0n) is 14.0. The van der Waals surface area contributed by atoms with Gasteiger partial charge in [0.05, 0.1) is 10.8 Å². The Morgan fingerprint density at radius 2 is 1.14 bits per heavy atom. The van der Waals surface area contributed by atoms with Crippen LogP contribution < -0.4 is 0 Å². The highest BCUT2D eigenvalue weighted by Gasteiger charge is 2.18. The summed E-state index contributed by atoms with van der Waals surface area (Å²) >= 11 is 0. The molecule has 0 rings (SSSR count). The number of rotatable bonds is 9. The van der Waals surface area contributed by atoms with Gasteiger partial charge in [0.2, 0.25) is 0 Å². The van der Waals surface area contributed by atoms with Crippen LogP contribution in [-0.2, 0) is 19.1 Å². The lowest BCUT2D eigenvalue weighted by Crippen LogP contribution is -2.20. The Morgan fingerprint density at radius 3 is 1.41 bits per heavy atom. The van der Waals surface area contributed by atoms with Crippen LogP contribution in [-0.4, -0.2) is 25.2 Å². The van der Waals surface area contributed by atoms with Crippen molar-refractivity contribution in [2.24, 2.45) is 10.8 Å². The first-order chi connectivity index (χ1) is 10.1. The van der Waals surface area contributed by atoms with E-state index in [1.54, 1.807) is 0 Å². The second kappa shape index (κ2) is 9.15. The summed E-state index contributed by atoms with van der Waals surface area (Å²) in [4.78, 5) is 23.0. The van der Waals surface area contributed by atoms with E-state index in [0.29, 0.717) is 12.8 Å². The van der Waals surface area contributed by atoms with Crippen LogP contribution in [0, 0.1) is 35.5 Å². The Bertz CT molecular complexity index is 416. The molecule has 0 aromatic rings. The van der Waals surface area contributed by atoms with Gasteiger partial charge in [-0.3, -0.25) is 9.59 Å². The van der Waals surface area contributed by atoms with Crippen molar-refractivity contribution in [2.75, 3.05) is 13.2 Å². The first kappa shape index (κ1) is 20.1. The standard InChI is InChI=1S/C18H26O4/c1-7-17(3,4)13-21-15(19)11-9-10-12-16(20)22-14-18(5,6)8-2/h1-2H,9-14H2,3-6H3. The maximum Gasteiger partial charge on any atom is 0.305 e. The molecule has 0 spiro atoms. The largest absolute Gasteiger partial charge is 0.464 e. The molecule has 4 heteroatoms. The fourth-order valence-electron chi connectivity index (χ4n) is 1.29. The average molecular weight is 306 g/mol. The van der Waals surface area contributed by atoms with Crippen molar-refractivity contribution in [2.45, 2.75) is 53.4 Å². The summed E-state index contributed by atoms with van der Waals surface area (Å²) in [7, 11) is 0.